The first-order valence-corrected chi connectivity index (χ1v) is 8.52. The molecule has 0 spiro atoms. The third-order valence-electron chi connectivity index (χ3n) is 2.67. The number of anilines is 1. The number of hydrogen-bond acceptors (Lipinski definition) is 5. The van der Waals surface area contributed by atoms with Crippen LogP contribution in [-0.2, 0) is 14.8 Å². The smallest absolute Gasteiger partial charge is 0.267 e. The lowest BCUT2D eigenvalue weighted by Crippen LogP contribution is -2.33. The summed E-state index contributed by atoms with van der Waals surface area (Å²) in [4.78, 5) is 11.2. The molecular formula is C13H12ClNO4S2. The zero-order valence-corrected chi connectivity index (χ0v) is 13.4. The van der Waals surface area contributed by atoms with Crippen molar-refractivity contribution in [1.82, 2.24) is 0 Å². The van der Waals surface area contributed by atoms with E-state index in [1.54, 1.807) is 30.3 Å². The van der Waals surface area contributed by atoms with Gasteiger partial charge in [-0.3, -0.25) is 4.79 Å². The molecule has 0 radical (unpaired) electrons. The topological polar surface area (TPSA) is 63.7 Å². The van der Waals surface area contributed by atoms with Gasteiger partial charge in [-0.05, 0) is 35.2 Å². The molecule has 0 bridgehead atoms. The van der Waals surface area contributed by atoms with E-state index in [1.165, 1.54) is 18.6 Å². The summed E-state index contributed by atoms with van der Waals surface area (Å²) in [5, 5.41) is 0.715. The van der Waals surface area contributed by atoms with E-state index in [9.17, 15) is 13.2 Å². The average molecular weight is 346 g/mol. The van der Waals surface area contributed by atoms with E-state index in [-0.39, 0.29) is 16.5 Å². The van der Waals surface area contributed by atoms with Gasteiger partial charge in [0.05, 0.1) is 5.69 Å². The summed E-state index contributed by atoms with van der Waals surface area (Å²) in [7, 11) is -2.54. The minimum atomic E-state index is -3.94. The van der Waals surface area contributed by atoms with Gasteiger partial charge in [-0.1, -0.05) is 18.2 Å². The highest BCUT2D eigenvalue weighted by Gasteiger charge is 2.30. The van der Waals surface area contributed by atoms with Gasteiger partial charge in [0.1, 0.15) is 16.5 Å². The number of ether oxygens (including phenoxy) is 1. The quantitative estimate of drug-likeness (QED) is 0.596. The summed E-state index contributed by atoms with van der Waals surface area (Å²) in [5.74, 6) is 0. The molecule has 2 rings (SSSR count). The number of methoxy groups -OCH3 is 1. The average Bonchev–Trinajstić information content (AvgIpc) is 2.96. The van der Waals surface area contributed by atoms with Crippen molar-refractivity contribution in [3.05, 3.63) is 46.7 Å². The molecule has 0 aliphatic rings. The van der Waals surface area contributed by atoms with Gasteiger partial charge in [-0.15, -0.1) is 11.3 Å². The zero-order chi connectivity index (χ0) is 15.5. The van der Waals surface area contributed by atoms with Crippen molar-refractivity contribution >= 4 is 43.9 Å². The summed E-state index contributed by atoms with van der Waals surface area (Å²) in [6.07, 6.45) is 0. The maximum absolute atomic E-state index is 12.8. The molecule has 0 N–H and O–H groups in total. The monoisotopic (exact) mass is 345 g/mol. The fourth-order valence-corrected chi connectivity index (χ4v) is 4.66. The highest BCUT2D eigenvalue weighted by atomic mass is 35.5. The van der Waals surface area contributed by atoms with Crippen LogP contribution in [0.2, 0.25) is 0 Å². The Hall–Kier alpha value is -1.41. The summed E-state index contributed by atoms with van der Waals surface area (Å²) in [6, 6.07) is 9.86. The number of carbonyl (C=O) groups excluding carboxylic acids is 1. The van der Waals surface area contributed by atoms with Gasteiger partial charge in [0.25, 0.3) is 15.3 Å². The van der Waals surface area contributed by atoms with Crippen molar-refractivity contribution in [3.63, 3.8) is 0 Å². The Labute approximate surface area is 131 Å². The van der Waals surface area contributed by atoms with Crippen molar-refractivity contribution in [2.24, 2.45) is 0 Å². The van der Waals surface area contributed by atoms with Crippen molar-refractivity contribution in [1.29, 1.82) is 0 Å². The third-order valence-corrected chi connectivity index (χ3v) is 5.80. The van der Waals surface area contributed by atoms with Gasteiger partial charge in [0.15, 0.2) is 0 Å². The minimum Gasteiger partial charge on any atom is -0.363 e. The molecule has 0 unspecified atom stereocenters. The Bertz CT molecular complexity index is 728. The maximum atomic E-state index is 12.8. The van der Waals surface area contributed by atoms with Crippen molar-refractivity contribution < 1.29 is 17.9 Å². The van der Waals surface area contributed by atoms with Gasteiger partial charge in [0.2, 0.25) is 0 Å². The van der Waals surface area contributed by atoms with E-state index in [4.69, 9.17) is 16.3 Å². The fraction of sp³-hybridized carbons (Fsp3) is 0.154. The van der Waals surface area contributed by atoms with E-state index in [1.807, 2.05) is 0 Å². The van der Waals surface area contributed by atoms with Crippen LogP contribution in [0.3, 0.4) is 0 Å². The van der Waals surface area contributed by atoms with Gasteiger partial charge < -0.3 is 4.74 Å². The molecule has 0 aliphatic carbocycles. The Balaban J connectivity index is 2.53. The molecule has 1 aromatic carbocycles. The van der Waals surface area contributed by atoms with E-state index < -0.39 is 15.3 Å². The molecule has 0 fully saturated rings. The number of sulfonamides is 1. The Morgan fingerprint density at radius 3 is 2.52 bits per heavy atom. The molecule has 21 heavy (non-hydrogen) atoms. The van der Waals surface area contributed by atoms with Crippen molar-refractivity contribution in [2.75, 3.05) is 18.1 Å². The zero-order valence-electron chi connectivity index (χ0n) is 11.0. The molecule has 2 aromatic rings. The second-order valence-corrected chi connectivity index (χ2v) is 7.08. The van der Waals surface area contributed by atoms with Crippen molar-refractivity contribution in [3.8, 4) is 0 Å². The van der Waals surface area contributed by atoms with E-state index in [0.29, 0.717) is 5.69 Å². The van der Waals surface area contributed by atoms with E-state index in [2.05, 4.69) is 0 Å². The standard InChI is InChI=1S/C13H12ClNO4S2/c1-19-9-15(10-5-3-2-4-6-10)21(17,18)11-7-8-20-12(11)13(14)16/h2-8H,9H2,1H3. The molecule has 1 heterocycles. The highest BCUT2D eigenvalue weighted by molar-refractivity contribution is 7.93. The van der Waals surface area contributed by atoms with Crippen LogP contribution in [0.25, 0.3) is 0 Å². The molecule has 0 amide bonds. The molecular weight excluding hydrogens is 334 g/mol. The lowest BCUT2D eigenvalue weighted by atomic mass is 10.3. The van der Waals surface area contributed by atoms with Gasteiger partial charge in [-0.25, -0.2) is 12.7 Å². The SMILES string of the molecule is COCN(c1ccccc1)S(=O)(=O)c1ccsc1C(=O)Cl. The van der Waals surface area contributed by atoms with Crippen LogP contribution in [-0.4, -0.2) is 27.5 Å². The van der Waals surface area contributed by atoms with Crippen LogP contribution in [0, 0.1) is 0 Å². The highest BCUT2D eigenvalue weighted by Crippen LogP contribution is 2.29. The number of thiophene rings is 1. The van der Waals surface area contributed by atoms with Crippen molar-refractivity contribution in [2.45, 2.75) is 4.90 Å². The van der Waals surface area contributed by atoms with Crippen LogP contribution in [0.4, 0.5) is 5.69 Å². The van der Waals surface area contributed by atoms with Crippen LogP contribution in [0.15, 0.2) is 46.7 Å². The predicted octanol–water partition coefficient (Wildman–Crippen LogP) is 2.93. The normalized spacial score (nSPS) is 11.3. The number of carbonyl (C=O) groups is 1. The Kier molecular flexibility index (Phi) is 5.00. The van der Waals surface area contributed by atoms with Gasteiger partial charge in [0, 0.05) is 7.11 Å². The number of rotatable bonds is 6. The summed E-state index contributed by atoms with van der Waals surface area (Å²) < 4.78 is 31.6. The van der Waals surface area contributed by atoms with Crippen LogP contribution >= 0.6 is 22.9 Å². The molecule has 0 aliphatic heterocycles. The number of benzene rings is 1. The van der Waals surface area contributed by atoms with E-state index >= 15 is 0 Å². The van der Waals surface area contributed by atoms with Crippen LogP contribution in [0.5, 0.6) is 0 Å². The Morgan fingerprint density at radius 2 is 1.95 bits per heavy atom. The molecule has 5 nitrogen and oxygen atoms in total. The van der Waals surface area contributed by atoms with Gasteiger partial charge >= 0.3 is 0 Å². The lowest BCUT2D eigenvalue weighted by molar-refractivity contribution is 0.108. The van der Waals surface area contributed by atoms with E-state index in [0.717, 1.165) is 15.6 Å². The summed E-state index contributed by atoms with van der Waals surface area (Å²) >= 11 is 6.43. The van der Waals surface area contributed by atoms with Crippen LogP contribution < -0.4 is 4.31 Å². The Morgan fingerprint density at radius 1 is 1.29 bits per heavy atom. The third kappa shape index (κ3) is 3.26. The van der Waals surface area contributed by atoms with Crippen LogP contribution in [0.1, 0.15) is 9.67 Å². The molecule has 1 aromatic heterocycles. The minimum absolute atomic E-state index is 0.00583. The first-order valence-electron chi connectivity index (χ1n) is 5.82. The number of para-hydroxylation sites is 1. The number of hydrogen-bond donors (Lipinski definition) is 0. The maximum Gasteiger partial charge on any atom is 0.267 e. The predicted molar refractivity (Wildman–Crippen MR) is 82.5 cm³/mol. The van der Waals surface area contributed by atoms with Gasteiger partial charge in [-0.2, -0.15) is 0 Å². The second-order valence-electron chi connectivity index (χ2n) is 3.99. The molecule has 8 heteroatoms. The first kappa shape index (κ1) is 16.0. The number of halogens is 1. The molecule has 0 saturated carbocycles. The summed E-state index contributed by atoms with van der Waals surface area (Å²) in [6.45, 7) is -0.169. The molecule has 112 valence electrons. The molecule has 0 saturated heterocycles. The second kappa shape index (κ2) is 6.57. The largest absolute Gasteiger partial charge is 0.363 e. The fourth-order valence-electron chi connectivity index (χ4n) is 1.76. The number of nitrogens with zero attached hydrogens (tertiary/aromatic N) is 1. The summed E-state index contributed by atoms with van der Waals surface area (Å²) in [5.41, 5.74) is 0.443. The first-order chi connectivity index (χ1) is 9.98. The molecule has 0 atom stereocenters. The lowest BCUT2D eigenvalue weighted by Gasteiger charge is -2.23.